The van der Waals surface area contributed by atoms with Crippen LogP contribution in [-0.4, -0.2) is 29.7 Å². The molecule has 0 bridgehead atoms. The van der Waals surface area contributed by atoms with Crippen molar-refractivity contribution in [3.63, 3.8) is 0 Å². The van der Waals surface area contributed by atoms with Gasteiger partial charge in [0, 0.05) is 29.6 Å². The molecule has 0 N–H and O–H groups in total. The van der Waals surface area contributed by atoms with E-state index in [2.05, 4.69) is 0 Å². The number of rotatable bonds is 2. The van der Waals surface area contributed by atoms with E-state index in [0.29, 0.717) is 23.7 Å². The molecule has 0 aliphatic carbocycles. The van der Waals surface area contributed by atoms with E-state index in [9.17, 15) is 9.59 Å². The fourth-order valence-electron chi connectivity index (χ4n) is 2.26. The molecule has 0 spiro atoms. The number of halogens is 1. The van der Waals surface area contributed by atoms with Crippen LogP contribution in [0.1, 0.15) is 30.1 Å². The van der Waals surface area contributed by atoms with Crippen molar-refractivity contribution in [1.82, 2.24) is 4.90 Å². The molecule has 0 radical (unpaired) electrons. The highest BCUT2D eigenvalue weighted by atomic mass is 35.5. The van der Waals surface area contributed by atoms with Gasteiger partial charge in [-0.2, -0.15) is 0 Å². The van der Waals surface area contributed by atoms with Crippen molar-refractivity contribution in [1.29, 1.82) is 0 Å². The van der Waals surface area contributed by atoms with Crippen LogP contribution in [0.4, 0.5) is 0 Å². The lowest BCUT2D eigenvalue weighted by atomic mass is 9.93. The zero-order chi connectivity index (χ0) is 13.1. The van der Waals surface area contributed by atoms with E-state index in [1.54, 1.807) is 31.2 Å². The molecule has 3 nitrogen and oxygen atoms in total. The Labute approximate surface area is 112 Å². The number of likely N-dealkylation sites (tertiary alicyclic amines) is 1. The molecule has 1 amide bonds. The van der Waals surface area contributed by atoms with Crippen molar-refractivity contribution in [3.8, 4) is 0 Å². The monoisotopic (exact) mass is 265 g/mol. The lowest BCUT2D eigenvalue weighted by Crippen LogP contribution is -2.39. The van der Waals surface area contributed by atoms with Gasteiger partial charge in [-0.15, -0.1) is 0 Å². The zero-order valence-electron chi connectivity index (χ0n) is 10.4. The number of hydrogen-bond donors (Lipinski definition) is 0. The molecule has 0 unspecified atom stereocenters. The SMILES string of the molecule is CC(=O)C1CCN(C(=O)c2ccc(Cl)cc2)CC1. The second kappa shape index (κ2) is 5.53. The first kappa shape index (κ1) is 13.1. The summed E-state index contributed by atoms with van der Waals surface area (Å²) in [7, 11) is 0. The minimum Gasteiger partial charge on any atom is -0.339 e. The first-order valence-electron chi connectivity index (χ1n) is 6.13. The topological polar surface area (TPSA) is 37.4 Å². The number of Topliss-reactive ketones (excluding diaryl/α,β-unsaturated/α-hetero) is 1. The van der Waals surface area contributed by atoms with Crippen LogP contribution in [0.25, 0.3) is 0 Å². The first-order chi connectivity index (χ1) is 8.58. The largest absolute Gasteiger partial charge is 0.339 e. The number of amides is 1. The van der Waals surface area contributed by atoms with Crippen LogP contribution in [0.3, 0.4) is 0 Å². The lowest BCUT2D eigenvalue weighted by molar-refractivity contribution is -0.121. The molecular formula is C14H16ClNO2. The van der Waals surface area contributed by atoms with E-state index < -0.39 is 0 Å². The third-order valence-corrected chi connectivity index (χ3v) is 3.70. The smallest absolute Gasteiger partial charge is 0.253 e. The summed E-state index contributed by atoms with van der Waals surface area (Å²) in [6, 6.07) is 6.91. The summed E-state index contributed by atoms with van der Waals surface area (Å²) in [5.74, 6) is 0.376. The van der Waals surface area contributed by atoms with Crippen LogP contribution < -0.4 is 0 Å². The maximum atomic E-state index is 12.2. The third-order valence-electron chi connectivity index (χ3n) is 3.45. The van der Waals surface area contributed by atoms with Crippen molar-refractivity contribution >= 4 is 23.3 Å². The number of hydrogen-bond acceptors (Lipinski definition) is 2. The van der Waals surface area contributed by atoms with Gasteiger partial charge in [0.25, 0.3) is 5.91 Å². The third kappa shape index (κ3) is 2.91. The highest BCUT2D eigenvalue weighted by Gasteiger charge is 2.25. The molecule has 2 rings (SSSR count). The molecule has 18 heavy (non-hydrogen) atoms. The van der Waals surface area contributed by atoms with Crippen molar-refractivity contribution in [2.45, 2.75) is 19.8 Å². The number of ketones is 1. The van der Waals surface area contributed by atoms with Crippen molar-refractivity contribution < 1.29 is 9.59 Å². The van der Waals surface area contributed by atoms with Crippen LogP contribution in [0.2, 0.25) is 5.02 Å². The molecule has 1 aliphatic heterocycles. The van der Waals surface area contributed by atoms with Crippen molar-refractivity contribution in [2.75, 3.05) is 13.1 Å². The molecular weight excluding hydrogens is 250 g/mol. The average molecular weight is 266 g/mol. The highest BCUT2D eigenvalue weighted by Crippen LogP contribution is 2.20. The van der Waals surface area contributed by atoms with Gasteiger partial charge in [0.05, 0.1) is 0 Å². The number of piperidine rings is 1. The van der Waals surface area contributed by atoms with Gasteiger partial charge in [-0.1, -0.05) is 11.6 Å². The predicted octanol–water partition coefficient (Wildman–Crippen LogP) is 2.78. The summed E-state index contributed by atoms with van der Waals surface area (Å²) in [4.78, 5) is 25.3. The minimum absolute atomic E-state index is 0.0219. The summed E-state index contributed by atoms with van der Waals surface area (Å²) in [5, 5.41) is 0.627. The molecule has 1 fully saturated rings. The molecule has 1 aliphatic rings. The highest BCUT2D eigenvalue weighted by molar-refractivity contribution is 6.30. The van der Waals surface area contributed by atoms with E-state index >= 15 is 0 Å². The fourth-order valence-corrected chi connectivity index (χ4v) is 2.39. The Bertz CT molecular complexity index is 447. The molecule has 1 heterocycles. The Balaban J connectivity index is 1.99. The molecule has 4 heteroatoms. The van der Waals surface area contributed by atoms with E-state index in [1.807, 2.05) is 4.90 Å². The Kier molecular flexibility index (Phi) is 4.02. The molecule has 0 aromatic heterocycles. The van der Waals surface area contributed by atoms with Gasteiger partial charge in [0.1, 0.15) is 5.78 Å². The lowest BCUT2D eigenvalue weighted by Gasteiger charge is -2.30. The molecule has 96 valence electrons. The number of benzene rings is 1. The molecule has 1 aromatic rings. The van der Waals surface area contributed by atoms with Crippen LogP contribution in [0, 0.1) is 5.92 Å². The first-order valence-corrected chi connectivity index (χ1v) is 6.51. The van der Waals surface area contributed by atoms with Crippen molar-refractivity contribution in [3.05, 3.63) is 34.9 Å². The van der Waals surface area contributed by atoms with Gasteiger partial charge >= 0.3 is 0 Å². The molecule has 0 atom stereocenters. The van der Waals surface area contributed by atoms with E-state index in [4.69, 9.17) is 11.6 Å². The van der Waals surface area contributed by atoms with E-state index in [-0.39, 0.29) is 17.6 Å². The quantitative estimate of drug-likeness (QED) is 0.825. The van der Waals surface area contributed by atoms with Crippen LogP contribution in [0.15, 0.2) is 24.3 Å². The van der Waals surface area contributed by atoms with Gasteiger partial charge < -0.3 is 4.90 Å². The van der Waals surface area contributed by atoms with Gasteiger partial charge in [-0.3, -0.25) is 9.59 Å². The second-order valence-electron chi connectivity index (χ2n) is 4.68. The van der Waals surface area contributed by atoms with Gasteiger partial charge in [-0.25, -0.2) is 0 Å². The van der Waals surface area contributed by atoms with E-state index in [1.165, 1.54) is 0 Å². The zero-order valence-corrected chi connectivity index (χ0v) is 11.1. The number of nitrogens with zero attached hydrogens (tertiary/aromatic N) is 1. The Morgan fingerprint density at radius 2 is 1.72 bits per heavy atom. The van der Waals surface area contributed by atoms with Crippen LogP contribution in [-0.2, 0) is 4.79 Å². The van der Waals surface area contributed by atoms with Gasteiger partial charge in [0.2, 0.25) is 0 Å². The summed E-state index contributed by atoms with van der Waals surface area (Å²) in [6.45, 7) is 2.94. The maximum Gasteiger partial charge on any atom is 0.253 e. The normalized spacial score (nSPS) is 16.7. The molecule has 1 saturated heterocycles. The predicted molar refractivity (Wildman–Crippen MR) is 70.8 cm³/mol. The maximum absolute atomic E-state index is 12.2. The average Bonchev–Trinajstić information content (AvgIpc) is 2.39. The van der Waals surface area contributed by atoms with Gasteiger partial charge in [-0.05, 0) is 44.0 Å². The second-order valence-corrected chi connectivity index (χ2v) is 5.12. The summed E-state index contributed by atoms with van der Waals surface area (Å²) < 4.78 is 0. The Morgan fingerprint density at radius 1 is 1.17 bits per heavy atom. The molecule has 0 saturated carbocycles. The van der Waals surface area contributed by atoms with Crippen LogP contribution >= 0.6 is 11.6 Å². The summed E-state index contributed by atoms with van der Waals surface area (Å²) in [5.41, 5.74) is 0.653. The molecule has 1 aromatic carbocycles. The number of carbonyl (C=O) groups excluding carboxylic acids is 2. The van der Waals surface area contributed by atoms with Gasteiger partial charge in [0.15, 0.2) is 0 Å². The fraction of sp³-hybridized carbons (Fsp3) is 0.429. The summed E-state index contributed by atoms with van der Waals surface area (Å²) in [6.07, 6.45) is 1.54. The summed E-state index contributed by atoms with van der Waals surface area (Å²) >= 11 is 5.79. The Hall–Kier alpha value is -1.35. The van der Waals surface area contributed by atoms with Crippen molar-refractivity contribution in [2.24, 2.45) is 5.92 Å². The standard InChI is InChI=1S/C14H16ClNO2/c1-10(17)11-6-8-16(9-7-11)14(18)12-2-4-13(15)5-3-12/h2-5,11H,6-9H2,1H3. The minimum atomic E-state index is 0.0219. The number of carbonyl (C=O) groups is 2. The van der Waals surface area contributed by atoms with Crippen LogP contribution in [0.5, 0.6) is 0 Å². The van der Waals surface area contributed by atoms with E-state index in [0.717, 1.165) is 12.8 Å². The Morgan fingerprint density at radius 3 is 2.22 bits per heavy atom.